The summed E-state index contributed by atoms with van der Waals surface area (Å²) in [7, 11) is -3.64. The molecule has 0 fully saturated rings. The summed E-state index contributed by atoms with van der Waals surface area (Å²) in [4.78, 5) is 9.39. The first kappa shape index (κ1) is 17.3. The van der Waals surface area contributed by atoms with Crippen molar-refractivity contribution in [2.45, 2.75) is 6.92 Å². The molecule has 1 rings (SSSR count). The molecule has 0 spiro atoms. The van der Waals surface area contributed by atoms with E-state index in [4.69, 9.17) is 50.9 Å². The molecule has 1 aromatic carbocycles. The second-order valence-corrected chi connectivity index (χ2v) is 7.55. The minimum absolute atomic E-state index is 0.0105. The van der Waals surface area contributed by atoms with Gasteiger partial charge in [-0.2, -0.15) is 0 Å². The number of hydrogen-bond acceptors (Lipinski definition) is 2. The number of rotatable bonds is 5. The molecule has 1 aromatic rings. The third kappa shape index (κ3) is 5.28. The quantitative estimate of drug-likeness (QED) is 0.716. The first-order chi connectivity index (χ1) is 8.76. The van der Waals surface area contributed by atoms with Crippen molar-refractivity contribution in [1.29, 1.82) is 0 Å². The molecule has 1 atom stereocenters. The van der Waals surface area contributed by atoms with Crippen molar-refractivity contribution in [3.63, 3.8) is 0 Å². The summed E-state index contributed by atoms with van der Waals surface area (Å²) in [5.74, 6) is 0. The predicted molar refractivity (Wildman–Crippen MR) is 81.4 cm³/mol. The molecular formula is C11H11Cl4O3P. The first-order valence-electron chi connectivity index (χ1n) is 5.22. The lowest BCUT2D eigenvalue weighted by molar-refractivity contribution is 0.292. The minimum Gasteiger partial charge on any atom is -0.324 e. The van der Waals surface area contributed by atoms with Crippen molar-refractivity contribution in [3.8, 4) is 0 Å². The van der Waals surface area contributed by atoms with Gasteiger partial charge in [0, 0.05) is 27.3 Å². The lowest BCUT2D eigenvalue weighted by atomic mass is 10.1. The van der Waals surface area contributed by atoms with E-state index in [-0.39, 0.29) is 17.3 Å². The molecule has 106 valence electrons. The summed E-state index contributed by atoms with van der Waals surface area (Å²) in [5.41, 5.74) is 0.767. The number of benzene rings is 1. The molecular weight excluding hydrogens is 353 g/mol. The number of hydrogen-bond donors (Lipinski definition) is 1. The molecule has 8 heteroatoms. The average Bonchev–Trinajstić information content (AvgIpc) is 2.33. The molecule has 0 saturated carbocycles. The van der Waals surface area contributed by atoms with Gasteiger partial charge >= 0.3 is 7.60 Å². The van der Waals surface area contributed by atoms with Gasteiger partial charge in [-0.05, 0) is 18.2 Å². The first-order valence-corrected chi connectivity index (χ1v) is 8.50. The number of halogens is 4. The van der Waals surface area contributed by atoms with Gasteiger partial charge in [-0.1, -0.05) is 53.3 Å². The SMILES string of the molecule is CCP(=O)(O)OCC(=C(Cl)Cl)c1cc(Cl)ccc1Cl. The van der Waals surface area contributed by atoms with Gasteiger partial charge in [0.25, 0.3) is 0 Å². The highest BCUT2D eigenvalue weighted by Gasteiger charge is 2.19. The molecule has 3 nitrogen and oxygen atoms in total. The molecule has 0 aliphatic heterocycles. The van der Waals surface area contributed by atoms with Crippen molar-refractivity contribution < 1.29 is 14.0 Å². The van der Waals surface area contributed by atoms with Crippen molar-refractivity contribution in [3.05, 3.63) is 38.3 Å². The van der Waals surface area contributed by atoms with Crippen molar-refractivity contribution >= 4 is 59.6 Å². The molecule has 0 bridgehead atoms. The third-order valence-electron chi connectivity index (χ3n) is 2.29. The van der Waals surface area contributed by atoms with Crippen molar-refractivity contribution in [1.82, 2.24) is 0 Å². The standard InChI is InChI=1S/C11H11Cl4O3P/c1-2-19(16,17)18-6-9(11(14)15)8-5-7(12)3-4-10(8)13/h3-5H,2,6H2,1H3,(H,16,17). The average molecular weight is 364 g/mol. The van der Waals surface area contributed by atoms with E-state index in [0.29, 0.717) is 21.2 Å². The Morgan fingerprint density at radius 3 is 2.53 bits per heavy atom. The molecule has 19 heavy (non-hydrogen) atoms. The van der Waals surface area contributed by atoms with E-state index in [0.717, 1.165) is 0 Å². The molecule has 0 radical (unpaired) electrons. The monoisotopic (exact) mass is 362 g/mol. The Balaban J connectivity index is 3.07. The molecule has 1 unspecified atom stereocenters. The van der Waals surface area contributed by atoms with Crippen LogP contribution in [0.2, 0.25) is 10.0 Å². The molecule has 0 heterocycles. The van der Waals surface area contributed by atoms with Crippen LogP contribution >= 0.6 is 54.0 Å². The summed E-state index contributed by atoms with van der Waals surface area (Å²) in [6.07, 6.45) is -0.0105. The van der Waals surface area contributed by atoms with Gasteiger partial charge in [0.2, 0.25) is 0 Å². The van der Waals surface area contributed by atoms with E-state index < -0.39 is 7.60 Å². The van der Waals surface area contributed by atoms with Crippen molar-refractivity contribution in [2.75, 3.05) is 12.8 Å². The van der Waals surface area contributed by atoms with Crippen LogP contribution in [-0.4, -0.2) is 17.7 Å². The molecule has 0 aliphatic carbocycles. The zero-order valence-electron chi connectivity index (χ0n) is 9.87. The van der Waals surface area contributed by atoms with E-state index in [1.165, 1.54) is 0 Å². The Morgan fingerprint density at radius 2 is 2.00 bits per heavy atom. The van der Waals surface area contributed by atoms with Crippen LogP contribution in [0.15, 0.2) is 22.7 Å². The Morgan fingerprint density at radius 1 is 1.37 bits per heavy atom. The lowest BCUT2D eigenvalue weighted by Crippen LogP contribution is -1.99. The van der Waals surface area contributed by atoms with Gasteiger partial charge in [-0.15, -0.1) is 0 Å². The summed E-state index contributed by atoms with van der Waals surface area (Å²) >= 11 is 23.4. The summed E-state index contributed by atoms with van der Waals surface area (Å²) in [6, 6.07) is 4.74. The van der Waals surface area contributed by atoms with E-state index in [1.807, 2.05) is 0 Å². The Labute approximate surface area is 131 Å². The van der Waals surface area contributed by atoms with Gasteiger partial charge in [0.15, 0.2) is 0 Å². The normalized spacial score (nSPS) is 14.0. The van der Waals surface area contributed by atoms with Crippen molar-refractivity contribution in [2.24, 2.45) is 0 Å². The lowest BCUT2D eigenvalue weighted by Gasteiger charge is -2.14. The molecule has 0 saturated heterocycles. The smallest absolute Gasteiger partial charge is 0.324 e. The summed E-state index contributed by atoms with van der Waals surface area (Å²) < 4.78 is 16.3. The van der Waals surface area contributed by atoms with E-state index in [9.17, 15) is 9.46 Å². The maximum Gasteiger partial charge on any atom is 0.328 e. The highest BCUT2D eigenvalue weighted by atomic mass is 35.5. The summed E-state index contributed by atoms with van der Waals surface area (Å²) in [6.45, 7) is 1.31. The van der Waals surface area contributed by atoms with Gasteiger partial charge in [-0.25, -0.2) is 0 Å². The fourth-order valence-electron chi connectivity index (χ4n) is 1.22. The Bertz CT molecular complexity index is 541. The van der Waals surface area contributed by atoms with E-state index in [2.05, 4.69) is 0 Å². The summed E-state index contributed by atoms with van der Waals surface area (Å²) in [5, 5.41) is 0.806. The minimum atomic E-state index is -3.64. The van der Waals surface area contributed by atoms with E-state index in [1.54, 1.807) is 25.1 Å². The highest BCUT2D eigenvalue weighted by molar-refractivity contribution is 7.52. The van der Waals surface area contributed by atoms with Gasteiger partial charge in [-0.3, -0.25) is 4.57 Å². The second-order valence-electron chi connectivity index (χ2n) is 3.59. The molecule has 0 aromatic heterocycles. The molecule has 0 aliphatic rings. The van der Waals surface area contributed by atoms with Gasteiger partial charge in [0.1, 0.15) is 4.49 Å². The van der Waals surface area contributed by atoms with Gasteiger partial charge < -0.3 is 9.42 Å². The second kappa shape index (κ2) is 7.33. The largest absolute Gasteiger partial charge is 0.328 e. The zero-order valence-corrected chi connectivity index (χ0v) is 13.8. The zero-order chi connectivity index (χ0) is 14.6. The van der Waals surface area contributed by atoms with Crippen LogP contribution in [0.3, 0.4) is 0 Å². The van der Waals surface area contributed by atoms with Crippen LogP contribution in [0.25, 0.3) is 5.57 Å². The fourth-order valence-corrected chi connectivity index (χ4v) is 2.45. The maximum absolute atomic E-state index is 11.5. The molecule has 1 N–H and O–H groups in total. The van der Waals surface area contributed by atoms with Crippen LogP contribution in [-0.2, 0) is 9.09 Å². The van der Waals surface area contributed by atoms with Crippen LogP contribution in [0.4, 0.5) is 0 Å². The predicted octanol–water partition coefficient (Wildman–Crippen LogP) is 5.36. The van der Waals surface area contributed by atoms with Crippen LogP contribution in [0.1, 0.15) is 12.5 Å². The van der Waals surface area contributed by atoms with Gasteiger partial charge in [0.05, 0.1) is 6.61 Å². The highest BCUT2D eigenvalue weighted by Crippen LogP contribution is 2.43. The molecule has 0 amide bonds. The van der Waals surface area contributed by atoms with Crippen LogP contribution in [0, 0.1) is 0 Å². The van der Waals surface area contributed by atoms with E-state index >= 15 is 0 Å². The third-order valence-corrected chi connectivity index (χ3v) is 4.64. The Kier molecular flexibility index (Phi) is 6.68. The van der Waals surface area contributed by atoms with Crippen LogP contribution < -0.4 is 0 Å². The topological polar surface area (TPSA) is 46.5 Å². The Hall–Kier alpha value is 0.270. The van der Waals surface area contributed by atoms with Crippen LogP contribution in [0.5, 0.6) is 0 Å². The fraction of sp³-hybridized carbons (Fsp3) is 0.273. The maximum atomic E-state index is 11.5.